The molecule has 0 fully saturated rings. The summed E-state index contributed by atoms with van der Waals surface area (Å²) in [4.78, 5) is 23.8. The van der Waals surface area contributed by atoms with E-state index in [1.54, 1.807) is 48.2 Å². The Morgan fingerprint density at radius 1 is 0.970 bits per heavy atom. The van der Waals surface area contributed by atoms with Crippen molar-refractivity contribution in [2.75, 3.05) is 0 Å². The van der Waals surface area contributed by atoms with Crippen molar-refractivity contribution in [1.29, 1.82) is 0 Å². The minimum absolute atomic E-state index is 0.0118. The van der Waals surface area contributed by atoms with E-state index in [1.807, 2.05) is 30.3 Å². The lowest BCUT2D eigenvalue weighted by Gasteiger charge is -2.04. The van der Waals surface area contributed by atoms with Gasteiger partial charge in [0.05, 0.1) is 11.1 Å². The molecule has 0 aliphatic rings. The fourth-order valence-corrected chi connectivity index (χ4v) is 3.85. The number of furan rings is 1. The Morgan fingerprint density at radius 3 is 2.39 bits per heavy atom. The molecule has 1 aromatic heterocycles. The first-order valence-electron chi connectivity index (χ1n) is 10.0. The highest BCUT2D eigenvalue weighted by Crippen LogP contribution is 2.24. The van der Waals surface area contributed by atoms with Crippen LogP contribution in [0.5, 0.6) is 0 Å². The highest BCUT2D eigenvalue weighted by molar-refractivity contribution is 7.98. The molecule has 1 amide bonds. The second kappa shape index (κ2) is 10.4. The molecule has 0 aliphatic carbocycles. The van der Waals surface area contributed by atoms with Crippen molar-refractivity contribution in [3.05, 3.63) is 118 Å². The predicted molar refractivity (Wildman–Crippen MR) is 128 cm³/mol. The molecule has 0 saturated heterocycles. The van der Waals surface area contributed by atoms with Crippen LogP contribution in [0.2, 0.25) is 0 Å². The number of hydrogen-bond donors (Lipinski definition) is 1. The predicted octanol–water partition coefficient (Wildman–Crippen LogP) is 5.91. The number of benzene rings is 3. The van der Waals surface area contributed by atoms with Crippen LogP contribution in [0.4, 0.5) is 5.69 Å². The van der Waals surface area contributed by atoms with Gasteiger partial charge in [-0.25, -0.2) is 5.43 Å². The summed E-state index contributed by atoms with van der Waals surface area (Å²) in [6.07, 6.45) is 1.40. The monoisotopic (exact) mass is 457 g/mol. The third-order valence-electron chi connectivity index (χ3n) is 4.71. The van der Waals surface area contributed by atoms with E-state index in [9.17, 15) is 14.9 Å². The topological polar surface area (TPSA) is 97.7 Å². The normalized spacial score (nSPS) is 10.9. The Morgan fingerprint density at radius 2 is 1.70 bits per heavy atom. The maximum absolute atomic E-state index is 12.3. The Balaban J connectivity index is 1.30. The van der Waals surface area contributed by atoms with Gasteiger partial charge in [0.15, 0.2) is 0 Å². The molecule has 0 atom stereocenters. The summed E-state index contributed by atoms with van der Waals surface area (Å²) < 4.78 is 5.66. The van der Waals surface area contributed by atoms with Crippen LogP contribution in [0, 0.1) is 10.1 Å². The van der Waals surface area contributed by atoms with Crippen molar-refractivity contribution in [2.45, 2.75) is 10.6 Å². The van der Waals surface area contributed by atoms with Gasteiger partial charge in [-0.3, -0.25) is 14.9 Å². The highest BCUT2D eigenvalue weighted by Gasteiger charge is 2.08. The van der Waals surface area contributed by atoms with Crippen LogP contribution < -0.4 is 5.43 Å². The zero-order chi connectivity index (χ0) is 23.0. The zero-order valence-electron chi connectivity index (χ0n) is 17.4. The third-order valence-corrected chi connectivity index (χ3v) is 5.80. The number of carbonyl (C=O) groups excluding carboxylic acids is 1. The van der Waals surface area contributed by atoms with Gasteiger partial charge in [-0.15, -0.1) is 11.8 Å². The molecule has 1 N–H and O–H groups in total. The molecule has 0 radical (unpaired) electrons. The van der Waals surface area contributed by atoms with E-state index in [4.69, 9.17) is 4.42 Å². The van der Waals surface area contributed by atoms with Crippen molar-refractivity contribution >= 4 is 29.6 Å². The van der Waals surface area contributed by atoms with Crippen LogP contribution in [0.25, 0.3) is 11.3 Å². The minimum atomic E-state index is -0.454. The van der Waals surface area contributed by atoms with Gasteiger partial charge in [0.1, 0.15) is 11.5 Å². The Bertz CT molecular complexity index is 1270. The van der Waals surface area contributed by atoms with E-state index in [1.165, 1.54) is 23.2 Å². The van der Waals surface area contributed by atoms with Gasteiger partial charge in [0.2, 0.25) is 0 Å². The van der Waals surface area contributed by atoms with E-state index in [0.29, 0.717) is 22.6 Å². The molecule has 4 aromatic rings. The van der Waals surface area contributed by atoms with Crippen molar-refractivity contribution in [3.8, 4) is 11.3 Å². The first-order chi connectivity index (χ1) is 16.1. The summed E-state index contributed by atoms with van der Waals surface area (Å²) in [5.41, 5.74) is 4.83. The first-order valence-corrected chi connectivity index (χ1v) is 11.0. The van der Waals surface area contributed by atoms with Crippen molar-refractivity contribution in [3.63, 3.8) is 0 Å². The highest BCUT2D eigenvalue weighted by atomic mass is 32.2. The molecule has 0 spiro atoms. The number of carbonyl (C=O) groups is 1. The Labute approximate surface area is 194 Å². The number of hydrazone groups is 1. The lowest BCUT2D eigenvalue weighted by atomic mass is 10.1. The third kappa shape index (κ3) is 5.96. The maximum Gasteiger partial charge on any atom is 0.271 e. The van der Waals surface area contributed by atoms with E-state index >= 15 is 0 Å². The summed E-state index contributed by atoms with van der Waals surface area (Å²) in [5.74, 6) is 1.48. The van der Waals surface area contributed by atoms with Crippen LogP contribution in [-0.2, 0) is 5.75 Å². The number of non-ortho nitro benzene ring substituents is 1. The number of rotatable bonds is 8. The second-order valence-electron chi connectivity index (χ2n) is 7.00. The van der Waals surface area contributed by atoms with Crippen LogP contribution in [-0.4, -0.2) is 17.0 Å². The first kappa shape index (κ1) is 22.0. The molecule has 0 aliphatic heterocycles. The van der Waals surface area contributed by atoms with Gasteiger partial charge in [-0.2, -0.15) is 5.10 Å². The minimum Gasteiger partial charge on any atom is -0.455 e. The average Bonchev–Trinajstić information content (AvgIpc) is 3.32. The molecule has 164 valence electrons. The molecule has 1 heterocycles. The molecule has 0 bridgehead atoms. The SMILES string of the molecule is O=C(N/N=C/c1ccc(-c2ccc([N+](=O)[O-])cc2)o1)c1ccc(CSc2ccccc2)cc1. The van der Waals surface area contributed by atoms with Crippen LogP contribution >= 0.6 is 11.8 Å². The summed E-state index contributed by atoms with van der Waals surface area (Å²) in [7, 11) is 0. The average molecular weight is 458 g/mol. The van der Waals surface area contributed by atoms with Gasteiger partial charge in [0, 0.05) is 33.9 Å². The zero-order valence-corrected chi connectivity index (χ0v) is 18.2. The molecule has 33 heavy (non-hydrogen) atoms. The number of nitrogens with zero attached hydrogens (tertiary/aromatic N) is 2. The molecular formula is C25H19N3O4S. The Hall–Kier alpha value is -4.17. The molecule has 0 saturated carbocycles. The summed E-state index contributed by atoms with van der Waals surface area (Å²) >= 11 is 1.74. The smallest absolute Gasteiger partial charge is 0.271 e. The van der Waals surface area contributed by atoms with Gasteiger partial charge in [0.25, 0.3) is 11.6 Å². The van der Waals surface area contributed by atoms with Crippen LogP contribution in [0.15, 0.2) is 105 Å². The van der Waals surface area contributed by atoms with Gasteiger partial charge in [-0.05, 0) is 54.1 Å². The number of nitrogens with one attached hydrogen (secondary N) is 1. The fourth-order valence-electron chi connectivity index (χ4n) is 2.98. The summed E-state index contributed by atoms with van der Waals surface area (Å²) in [5, 5.41) is 14.7. The van der Waals surface area contributed by atoms with Gasteiger partial charge >= 0.3 is 0 Å². The van der Waals surface area contributed by atoms with Crippen molar-refractivity contribution < 1.29 is 14.1 Å². The summed E-state index contributed by atoms with van der Waals surface area (Å²) in [6, 6.07) is 27.0. The molecular weight excluding hydrogens is 438 g/mol. The van der Waals surface area contributed by atoms with Gasteiger partial charge in [-0.1, -0.05) is 30.3 Å². The van der Waals surface area contributed by atoms with E-state index < -0.39 is 4.92 Å². The second-order valence-corrected chi connectivity index (χ2v) is 8.05. The number of nitro benzene ring substituents is 1. The lowest BCUT2D eigenvalue weighted by Crippen LogP contribution is -2.17. The molecule has 3 aromatic carbocycles. The van der Waals surface area contributed by atoms with Crippen molar-refractivity contribution in [2.24, 2.45) is 5.10 Å². The maximum atomic E-state index is 12.3. The van der Waals surface area contributed by atoms with E-state index in [0.717, 1.165) is 11.3 Å². The number of amides is 1. The van der Waals surface area contributed by atoms with Crippen molar-refractivity contribution in [1.82, 2.24) is 5.43 Å². The number of hydrogen-bond acceptors (Lipinski definition) is 6. The Kier molecular flexibility index (Phi) is 6.96. The number of thioether (sulfide) groups is 1. The van der Waals surface area contributed by atoms with Crippen LogP contribution in [0.3, 0.4) is 0 Å². The fraction of sp³-hybridized carbons (Fsp3) is 0.0400. The largest absolute Gasteiger partial charge is 0.455 e. The lowest BCUT2D eigenvalue weighted by molar-refractivity contribution is -0.384. The van der Waals surface area contributed by atoms with Crippen LogP contribution in [0.1, 0.15) is 21.7 Å². The molecule has 7 nitrogen and oxygen atoms in total. The molecule has 8 heteroatoms. The molecule has 0 unspecified atom stereocenters. The quantitative estimate of drug-likeness (QED) is 0.153. The van der Waals surface area contributed by atoms with Gasteiger partial charge < -0.3 is 4.42 Å². The van der Waals surface area contributed by atoms with E-state index in [-0.39, 0.29) is 11.6 Å². The number of nitro groups is 1. The molecule has 4 rings (SSSR count). The standard InChI is InChI=1S/C25H19N3O4S/c29-25(20-8-6-18(7-9-20)17-33-23-4-2-1-3-5-23)27-26-16-22-14-15-24(32-22)19-10-12-21(13-11-19)28(30)31/h1-16H,17H2,(H,27,29)/b26-16+. The summed E-state index contributed by atoms with van der Waals surface area (Å²) in [6.45, 7) is 0. The van der Waals surface area contributed by atoms with E-state index in [2.05, 4.69) is 22.7 Å².